The number of hydrogen-bond acceptors (Lipinski definition) is 2. The Morgan fingerprint density at radius 3 is 2.62 bits per heavy atom. The summed E-state index contributed by atoms with van der Waals surface area (Å²) in [7, 11) is -1.73. The lowest BCUT2D eigenvalue weighted by Gasteiger charge is -2.47. The van der Waals surface area contributed by atoms with Crippen LogP contribution in [0.2, 0.25) is 18.1 Å². The van der Waals surface area contributed by atoms with Gasteiger partial charge in [0.2, 0.25) is 0 Å². The molecular formula is C18H30O2Si. The molecule has 1 spiro atoms. The monoisotopic (exact) mass is 306 g/mol. The fourth-order valence-corrected chi connectivity index (χ4v) is 6.02. The van der Waals surface area contributed by atoms with E-state index in [1.165, 1.54) is 25.7 Å². The summed E-state index contributed by atoms with van der Waals surface area (Å²) in [6.07, 6.45) is 10.4. The molecule has 2 nitrogen and oxygen atoms in total. The Morgan fingerprint density at radius 2 is 1.95 bits per heavy atom. The number of carbonyl (C=O) groups excluding carboxylic acids is 1. The van der Waals surface area contributed by atoms with E-state index in [0.717, 1.165) is 6.42 Å². The largest absolute Gasteiger partial charge is 0.414 e. The van der Waals surface area contributed by atoms with Crippen molar-refractivity contribution >= 4 is 14.1 Å². The third-order valence-electron chi connectivity index (χ3n) is 6.81. The Morgan fingerprint density at radius 1 is 1.24 bits per heavy atom. The predicted molar refractivity (Wildman–Crippen MR) is 88.7 cm³/mol. The highest BCUT2D eigenvalue weighted by Gasteiger charge is 2.58. The van der Waals surface area contributed by atoms with Crippen LogP contribution in [-0.2, 0) is 9.22 Å². The summed E-state index contributed by atoms with van der Waals surface area (Å²) in [6, 6.07) is 0. The van der Waals surface area contributed by atoms with E-state index >= 15 is 0 Å². The van der Waals surface area contributed by atoms with E-state index in [-0.39, 0.29) is 16.4 Å². The summed E-state index contributed by atoms with van der Waals surface area (Å²) in [5.41, 5.74) is 0.155. The molecule has 3 aliphatic carbocycles. The number of allylic oxidation sites excluding steroid dienone is 2. The minimum absolute atomic E-state index is 0.155. The molecule has 0 amide bonds. The van der Waals surface area contributed by atoms with E-state index in [9.17, 15) is 4.79 Å². The highest BCUT2D eigenvalue weighted by Crippen LogP contribution is 2.60. The van der Waals surface area contributed by atoms with Gasteiger partial charge >= 0.3 is 0 Å². The maximum absolute atomic E-state index is 12.1. The maximum Gasteiger partial charge on any atom is 0.192 e. The van der Waals surface area contributed by atoms with Crippen LogP contribution in [0.15, 0.2) is 12.2 Å². The molecule has 0 N–H and O–H groups in total. The van der Waals surface area contributed by atoms with Crippen LogP contribution < -0.4 is 0 Å². The van der Waals surface area contributed by atoms with E-state index in [1.54, 1.807) is 0 Å². The Hall–Kier alpha value is -0.413. The van der Waals surface area contributed by atoms with Gasteiger partial charge in [0.05, 0.1) is 0 Å². The summed E-state index contributed by atoms with van der Waals surface area (Å²) < 4.78 is 6.79. The molecule has 2 saturated carbocycles. The Bertz CT molecular complexity index is 474. The Balaban J connectivity index is 1.83. The zero-order valence-electron chi connectivity index (χ0n) is 14.2. The van der Waals surface area contributed by atoms with Gasteiger partial charge in [-0.05, 0) is 55.8 Å². The SMILES string of the molecule is CC(C)(C)[Si](C)(C)O[C@H]1CCC[C@]23C=CC(=O)[C@H]2CC[C@@H]13. The standard InChI is InChI=1S/C18H30O2Si/c1-17(2,3)21(4,5)20-16-7-6-11-18-12-10-15(19)13(18)8-9-14(16)18/h10,12-14,16H,6-9,11H2,1-5H3/t13-,14+,16+,18+/m1/s1. The minimum Gasteiger partial charge on any atom is -0.414 e. The van der Waals surface area contributed by atoms with E-state index in [4.69, 9.17) is 4.43 Å². The first-order valence-electron chi connectivity index (χ1n) is 8.58. The molecule has 0 aromatic carbocycles. The van der Waals surface area contributed by atoms with E-state index < -0.39 is 8.32 Å². The molecule has 4 atom stereocenters. The van der Waals surface area contributed by atoms with Crippen LogP contribution in [0.4, 0.5) is 0 Å². The average Bonchev–Trinajstić information content (AvgIpc) is 2.87. The topological polar surface area (TPSA) is 26.3 Å². The van der Waals surface area contributed by atoms with Crippen LogP contribution in [0.1, 0.15) is 52.9 Å². The first-order chi connectivity index (χ1) is 9.67. The molecule has 3 rings (SSSR count). The first-order valence-corrected chi connectivity index (χ1v) is 11.5. The summed E-state index contributed by atoms with van der Waals surface area (Å²) in [6.45, 7) is 11.7. The summed E-state index contributed by atoms with van der Waals surface area (Å²) >= 11 is 0. The van der Waals surface area contributed by atoms with Gasteiger partial charge in [0.1, 0.15) is 0 Å². The quantitative estimate of drug-likeness (QED) is 0.690. The molecular weight excluding hydrogens is 276 g/mol. The molecule has 3 aliphatic rings. The van der Waals surface area contributed by atoms with Crippen molar-refractivity contribution in [3.8, 4) is 0 Å². The summed E-state index contributed by atoms with van der Waals surface area (Å²) in [4.78, 5) is 12.1. The molecule has 2 fully saturated rings. The fraction of sp³-hybridized carbons (Fsp3) is 0.833. The van der Waals surface area contributed by atoms with Crippen LogP contribution in [-0.4, -0.2) is 20.2 Å². The van der Waals surface area contributed by atoms with Crippen molar-refractivity contribution in [3.63, 3.8) is 0 Å². The number of rotatable bonds is 2. The lowest BCUT2D eigenvalue weighted by molar-refractivity contribution is -0.120. The molecule has 3 heteroatoms. The summed E-state index contributed by atoms with van der Waals surface area (Å²) in [5, 5.41) is 0.261. The predicted octanol–water partition coefficient (Wildman–Crippen LogP) is 4.71. The summed E-state index contributed by atoms with van der Waals surface area (Å²) in [5.74, 6) is 1.23. The lowest BCUT2D eigenvalue weighted by atomic mass is 9.65. The third-order valence-corrected chi connectivity index (χ3v) is 11.3. The van der Waals surface area contributed by atoms with Gasteiger partial charge in [-0.2, -0.15) is 0 Å². The highest BCUT2D eigenvalue weighted by atomic mass is 28.4. The smallest absolute Gasteiger partial charge is 0.192 e. The Kier molecular flexibility index (Phi) is 3.53. The Labute approximate surface area is 130 Å². The van der Waals surface area contributed by atoms with Gasteiger partial charge in [0, 0.05) is 17.4 Å². The van der Waals surface area contributed by atoms with Crippen LogP contribution in [0.25, 0.3) is 0 Å². The zero-order chi connectivity index (χ0) is 15.5. The van der Waals surface area contributed by atoms with Crippen LogP contribution in [0.3, 0.4) is 0 Å². The van der Waals surface area contributed by atoms with Gasteiger partial charge in [-0.3, -0.25) is 4.79 Å². The molecule has 0 aromatic heterocycles. The van der Waals surface area contributed by atoms with Crippen molar-refractivity contribution in [2.75, 3.05) is 0 Å². The van der Waals surface area contributed by atoms with Crippen molar-refractivity contribution in [2.24, 2.45) is 17.3 Å². The molecule has 0 unspecified atom stereocenters. The molecule has 0 bridgehead atoms. The molecule has 0 aliphatic heterocycles. The van der Waals surface area contributed by atoms with E-state index in [2.05, 4.69) is 39.9 Å². The van der Waals surface area contributed by atoms with Gasteiger partial charge in [-0.15, -0.1) is 0 Å². The highest BCUT2D eigenvalue weighted by molar-refractivity contribution is 6.74. The van der Waals surface area contributed by atoms with Crippen molar-refractivity contribution in [3.05, 3.63) is 12.2 Å². The second-order valence-electron chi connectivity index (χ2n) is 8.89. The van der Waals surface area contributed by atoms with Crippen molar-refractivity contribution in [1.82, 2.24) is 0 Å². The maximum atomic E-state index is 12.1. The molecule has 0 radical (unpaired) electrons. The second-order valence-corrected chi connectivity index (χ2v) is 13.6. The van der Waals surface area contributed by atoms with Crippen molar-refractivity contribution in [2.45, 2.75) is 77.1 Å². The van der Waals surface area contributed by atoms with E-state index in [1.807, 2.05) is 6.08 Å². The number of carbonyl (C=O) groups is 1. The number of hydrogen-bond donors (Lipinski definition) is 0. The first kappa shape index (κ1) is 15.5. The van der Waals surface area contributed by atoms with Gasteiger partial charge in [0.15, 0.2) is 14.1 Å². The fourth-order valence-electron chi connectivity index (χ4n) is 4.62. The molecule has 0 heterocycles. The molecule has 0 saturated heterocycles. The minimum atomic E-state index is -1.73. The van der Waals surface area contributed by atoms with Gasteiger partial charge in [-0.1, -0.05) is 33.3 Å². The van der Waals surface area contributed by atoms with Crippen molar-refractivity contribution < 1.29 is 9.22 Å². The zero-order valence-corrected chi connectivity index (χ0v) is 15.2. The van der Waals surface area contributed by atoms with E-state index in [0.29, 0.717) is 17.8 Å². The van der Waals surface area contributed by atoms with Crippen LogP contribution >= 0.6 is 0 Å². The van der Waals surface area contributed by atoms with Crippen molar-refractivity contribution in [1.29, 1.82) is 0 Å². The molecule has 118 valence electrons. The lowest BCUT2D eigenvalue weighted by Crippen LogP contribution is -2.49. The molecule has 0 aromatic rings. The van der Waals surface area contributed by atoms with Gasteiger partial charge in [-0.25, -0.2) is 0 Å². The van der Waals surface area contributed by atoms with Crippen LogP contribution in [0.5, 0.6) is 0 Å². The van der Waals surface area contributed by atoms with Crippen LogP contribution in [0, 0.1) is 17.3 Å². The van der Waals surface area contributed by atoms with Gasteiger partial charge in [0.25, 0.3) is 0 Å². The third kappa shape index (κ3) is 2.28. The normalized spacial score (nSPS) is 39.5. The molecule has 21 heavy (non-hydrogen) atoms. The second kappa shape index (κ2) is 4.79. The van der Waals surface area contributed by atoms with Gasteiger partial charge < -0.3 is 4.43 Å². The average molecular weight is 307 g/mol. The number of ketones is 1.